The van der Waals surface area contributed by atoms with Crippen LogP contribution in [-0.2, 0) is 23.3 Å². The molecule has 2 amide bonds. The summed E-state index contributed by atoms with van der Waals surface area (Å²) in [6.07, 6.45) is 0.457. The molecule has 40 heavy (non-hydrogen) atoms. The second-order valence-corrected chi connectivity index (χ2v) is 10.0. The maximum Gasteiger partial charge on any atom is 0.291 e. The summed E-state index contributed by atoms with van der Waals surface area (Å²) in [4.78, 5) is 46.0. The third-order valence-electron chi connectivity index (χ3n) is 7.90. The summed E-state index contributed by atoms with van der Waals surface area (Å²) in [6, 6.07) is 29.7. The second kappa shape index (κ2) is 9.02. The summed E-state index contributed by atoms with van der Waals surface area (Å²) >= 11 is 0. The minimum absolute atomic E-state index is 0.0118. The molecule has 196 valence electrons. The van der Waals surface area contributed by atoms with Gasteiger partial charge in [0.05, 0.1) is 23.2 Å². The average Bonchev–Trinajstić information content (AvgIpc) is 3.38. The first-order valence-electron chi connectivity index (χ1n) is 13.1. The Hall–Kier alpha value is -5.04. The monoisotopic (exact) mass is 530 g/mol. The number of halogens is 1. The van der Waals surface area contributed by atoms with E-state index in [0.29, 0.717) is 23.2 Å². The summed E-state index contributed by atoms with van der Waals surface area (Å²) in [5, 5.41) is 0.288. The fourth-order valence-corrected chi connectivity index (χ4v) is 6.08. The third-order valence-corrected chi connectivity index (χ3v) is 7.90. The van der Waals surface area contributed by atoms with E-state index in [4.69, 9.17) is 4.42 Å². The molecule has 0 bridgehead atoms. The normalized spacial score (nSPS) is 17.6. The van der Waals surface area contributed by atoms with Crippen LogP contribution in [0.15, 0.2) is 112 Å². The predicted molar refractivity (Wildman–Crippen MR) is 148 cm³/mol. The van der Waals surface area contributed by atoms with Crippen molar-refractivity contribution in [1.82, 2.24) is 4.90 Å². The molecule has 7 heteroatoms. The molecule has 3 heterocycles. The molecule has 6 nitrogen and oxygen atoms in total. The molecule has 0 saturated heterocycles. The Labute approximate surface area is 228 Å². The number of carbonyl (C=O) groups is 2. The largest absolute Gasteiger partial charge is 0.450 e. The second-order valence-electron chi connectivity index (χ2n) is 10.0. The fourth-order valence-electron chi connectivity index (χ4n) is 6.08. The van der Waals surface area contributed by atoms with E-state index in [1.165, 1.54) is 15.9 Å². The number of hydrogen-bond acceptors (Lipinski definition) is 4. The predicted octanol–water partition coefficient (Wildman–Crippen LogP) is 5.42. The number of benzene rings is 4. The summed E-state index contributed by atoms with van der Waals surface area (Å²) in [5.74, 6) is -1.58. The molecule has 4 aromatic carbocycles. The van der Waals surface area contributed by atoms with E-state index in [-0.39, 0.29) is 35.4 Å². The Morgan fingerprint density at radius 3 is 2.30 bits per heavy atom. The van der Waals surface area contributed by atoms with Crippen LogP contribution in [0.25, 0.3) is 11.0 Å². The van der Waals surface area contributed by atoms with Crippen LogP contribution in [0.3, 0.4) is 0 Å². The first-order chi connectivity index (χ1) is 19.5. The molecule has 1 unspecified atom stereocenters. The van der Waals surface area contributed by atoms with Crippen molar-refractivity contribution in [3.63, 3.8) is 0 Å². The van der Waals surface area contributed by atoms with Gasteiger partial charge in [-0.15, -0.1) is 0 Å². The Bertz CT molecular complexity index is 1880. The number of amides is 2. The molecule has 7 rings (SSSR count). The molecule has 2 aliphatic rings. The van der Waals surface area contributed by atoms with E-state index < -0.39 is 28.6 Å². The molecule has 1 atom stereocenters. The average molecular weight is 531 g/mol. The topological polar surface area (TPSA) is 70.8 Å². The van der Waals surface area contributed by atoms with Crippen molar-refractivity contribution >= 4 is 28.5 Å². The van der Waals surface area contributed by atoms with E-state index in [1.54, 1.807) is 66.7 Å². The van der Waals surface area contributed by atoms with E-state index in [0.717, 1.165) is 5.56 Å². The maximum atomic E-state index is 14.8. The van der Waals surface area contributed by atoms with Gasteiger partial charge in [0.1, 0.15) is 11.4 Å². The smallest absolute Gasteiger partial charge is 0.291 e. The van der Waals surface area contributed by atoms with Crippen LogP contribution in [0.1, 0.15) is 32.8 Å². The molecular weight excluding hydrogens is 507 g/mol. The highest BCUT2D eigenvalue weighted by Gasteiger charge is 2.64. The highest BCUT2D eigenvalue weighted by molar-refractivity contribution is 6.17. The van der Waals surface area contributed by atoms with Gasteiger partial charge in [-0.05, 0) is 36.2 Å². The lowest BCUT2D eigenvalue weighted by Crippen LogP contribution is -2.53. The summed E-state index contributed by atoms with van der Waals surface area (Å²) < 4.78 is 20.9. The van der Waals surface area contributed by atoms with Gasteiger partial charge in [0.2, 0.25) is 5.76 Å². The first-order valence-corrected chi connectivity index (χ1v) is 13.1. The minimum atomic E-state index is -1.74. The van der Waals surface area contributed by atoms with Crippen molar-refractivity contribution in [2.45, 2.75) is 18.5 Å². The van der Waals surface area contributed by atoms with Crippen LogP contribution >= 0.6 is 0 Å². The van der Waals surface area contributed by atoms with E-state index in [2.05, 4.69) is 0 Å². The highest BCUT2D eigenvalue weighted by Crippen LogP contribution is 2.53. The molecule has 0 fully saturated rings. The van der Waals surface area contributed by atoms with Crippen LogP contribution in [0, 0.1) is 5.82 Å². The van der Waals surface area contributed by atoms with Gasteiger partial charge in [0.15, 0.2) is 11.0 Å². The highest BCUT2D eigenvalue weighted by atomic mass is 19.1. The number of rotatable bonds is 5. The number of anilines is 1. The first kappa shape index (κ1) is 24.0. The van der Waals surface area contributed by atoms with Crippen molar-refractivity contribution in [3.8, 4) is 0 Å². The van der Waals surface area contributed by atoms with Gasteiger partial charge in [-0.25, -0.2) is 4.39 Å². The van der Waals surface area contributed by atoms with Gasteiger partial charge < -0.3 is 14.2 Å². The van der Waals surface area contributed by atoms with Crippen molar-refractivity contribution in [2.24, 2.45) is 0 Å². The van der Waals surface area contributed by atoms with Gasteiger partial charge in [-0.2, -0.15) is 0 Å². The van der Waals surface area contributed by atoms with Crippen molar-refractivity contribution in [1.29, 1.82) is 0 Å². The van der Waals surface area contributed by atoms with Gasteiger partial charge in [0, 0.05) is 17.7 Å². The number of para-hydroxylation sites is 2. The lowest BCUT2D eigenvalue weighted by Gasteiger charge is -2.34. The lowest BCUT2D eigenvalue weighted by atomic mass is 9.83. The van der Waals surface area contributed by atoms with Gasteiger partial charge >= 0.3 is 0 Å². The van der Waals surface area contributed by atoms with E-state index >= 15 is 0 Å². The van der Waals surface area contributed by atoms with Crippen molar-refractivity contribution in [2.75, 3.05) is 11.4 Å². The van der Waals surface area contributed by atoms with Crippen LogP contribution in [-0.4, -0.2) is 23.3 Å². The Morgan fingerprint density at radius 2 is 1.48 bits per heavy atom. The minimum Gasteiger partial charge on any atom is -0.450 e. The van der Waals surface area contributed by atoms with Crippen molar-refractivity contribution in [3.05, 3.63) is 147 Å². The third kappa shape index (κ3) is 3.30. The van der Waals surface area contributed by atoms with Crippen LogP contribution < -0.4 is 10.3 Å². The summed E-state index contributed by atoms with van der Waals surface area (Å²) in [7, 11) is 0. The molecule has 5 aromatic rings. The zero-order valence-corrected chi connectivity index (χ0v) is 21.3. The van der Waals surface area contributed by atoms with E-state index in [9.17, 15) is 18.8 Å². The molecule has 1 spiro atoms. The van der Waals surface area contributed by atoms with Gasteiger partial charge in [-0.1, -0.05) is 78.9 Å². The van der Waals surface area contributed by atoms with Crippen LogP contribution in [0.5, 0.6) is 0 Å². The number of carbonyl (C=O) groups excluding carboxylic acids is 2. The molecule has 0 saturated carbocycles. The molecule has 0 radical (unpaired) electrons. The Morgan fingerprint density at radius 1 is 0.775 bits per heavy atom. The van der Waals surface area contributed by atoms with Crippen molar-refractivity contribution < 1.29 is 18.4 Å². The fraction of sp³-hybridized carbons (Fsp3) is 0.121. The SMILES string of the molecule is O=C1c2oc3ccccc3c(=O)c2C2(C(=O)N(Cc3ccccc3F)c3ccccc32)N1CCc1ccccc1. The maximum absolute atomic E-state index is 14.8. The Kier molecular flexibility index (Phi) is 5.42. The molecule has 0 N–H and O–H groups in total. The number of fused-ring (bicyclic) bond motifs is 5. The zero-order valence-electron chi connectivity index (χ0n) is 21.3. The van der Waals surface area contributed by atoms with Gasteiger partial charge in [-0.3, -0.25) is 14.4 Å². The molecule has 2 aliphatic heterocycles. The summed E-state index contributed by atoms with van der Waals surface area (Å²) in [5.41, 5.74) is 0.449. The number of hydrogen-bond donors (Lipinski definition) is 0. The van der Waals surface area contributed by atoms with Crippen LogP contribution in [0.4, 0.5) is 10.1 Å². The summed E-state index contributed by atoms with van der Waals surface area (Å²) in [6.45, 7) is 0.107. The molecule has 0 aliphatic carbocycles. The standard InChI is InChI=1S/C33H23FN2O4/c34-25-15-7-4-12-22(25)20-35-26-16-8-6-14-24(26)33(32(35)39)28-29(37)23-13-5-9-17-27(23)40-30(28)31(38)36(33)19-18-21-10-2-1-3-11-21/h1-17H,18-20H2. The quantitative estimate of drug-likeness (QED) is 0.304. The molecule has 1 aromatic heterocycles. The van der Waals surface area contributed by atoms with Crippen LogP contribution in [0.2, 0.25) is 0 Å². The number of nitrogens with zero attached hydrogens (tertiary/aromatic N) is 2. The zero-order chi connectivity index (χ0) is 27.4. The van der Waals surface area contributed by atoms with E-state index in [1.807, 2.05) is 30.3 Å². The molecular formula is C33H23FN2O4. The lowest BCUT2D eigenvalue weighted by molar-refractivity contribution is -0.126. The Balaban J connectivity index is 1.47. The van der Waals surface area contributed by atoms with Gasteiger partial charge in [0.25, 0.3) is 11.8 Å².